The van der Waals surface area contributed by atoms with Gasteiger partial charge in [0.05, 0.1) is 34.1 Å². The second-order valence-corrected chi connectivity index (χ2v) is 4.99. The number of rotatable bonds is 3. The van der Waals surface area contributed by atoms with Crippen LogP contribution >= 0.6 is 23.2 Å². The summed E-state index contributed by atoms with van der Waals surface area (Å²) in [4.78, 5) is 11.4. The van der Waals surface area contributed by atoms with Gasteiger partial charge in [-0.25, -0.2) is 9.18 Å². The van der Waals surface area contributed by atoms with Crippen molar-refractivity contribution in [1.82, 2.24) is 0 Å². The van der Waals surface area contributed by atoms with E-state index in [-0.39, 0.29) is 10.0 Å². The van der Waals surface area contributed by atoms with Gasteiger partial charge in [-0.2, -0.15) is 0 Å². The number of hydrogen-bond acceptors (Lipinski definition) is 4. The average molecular weight is 329 g/mol. The lowest BCUT2D eigenvalue weighted by Crippen LogP contribution is -2.04. The zero-order chi connectivity index (χ0) is 15.6. The van der Waals surface area contributed by atoms with Crippen LogP contribution in [0.2, 0.25) is 10.0 Å². The lowest BCUT2D eigenvalue weighted by atomic mass is 10.1. The summed E-state index contributed by atoms with van der Waals surface area (Å²) in [5.41, 5.74) is 7.52. The third kappa shape index (κ3) is 3.37. The predicted octanol–water partition coefficient (Wildman–Crippen LogP) is 4.24. The SMILES string of the molecule is COC(=O)c1ccc(Nc2cc(Cl)c(F)c(Cl)c2)c(N)c1. The van der Waals surface area contributed by atoms with Crippen LogP contribution in [0.15, 0.2) is 30.3 Å². The van der Waals surface area contributed by atoms with E-state index in [2.05, 4.69) is 10.1 Å². The zero-order valence-electron chi connectivity index (χ0n) is 10.9. The average Bonchev–Trinajstić information content (AvgIpc) is 2.46. The van der Waals surface area contributed by atoms with Gasteiger partial charge in [0.15, 0.2) is 5.82 Å². The molecular weight excluding hydrogens is 318 g/mol. The number of esters is 1. The van der Waals surface area contributed by atoms with Gasteiger partial charge in [0.2, 0.25) is 0 Å². The summed E-state index contributed by atoms with van der Waals surface area (Å²) < 4.78 is 17.9. The molecule has 0 heterocycles. The van der Waals surface area contributed by atoms with E-state index in [9.17, 15) is 9.18 Å². The van der Waals surface area contributed by atoms with E-state index >= 15 is 0 Å². The molecule has 2 rings (SSSR count). The number of carbonyl (C=O) groups excluding carboxylic acids is 1. The van der Waals surface area contributed by atoms with Gasteiger partial charge in [-0.1, -0.05) is 23.2 Å². The highest BCUT2D eigenvalue weighted by Gasteiger charge is 2.11. The van der Waals surface area contributed by atoms with Crippen LogP contribution in [0.3, 0.4) is 0 Å². The Labute approximate surface area is 130 Å². The van der Waals surface area contributed by atoms with Crippen LogP contribution in [0.1, 0.15) is 10.4 Å². The molecule has 2 aromatic carbocycles. The molecule has 0 unspecified atom stereocenters. The van der Waals surface area contributed by atoms with Gasteiger partial charge in [0.1, 0.15) is 0 Å². The molecule has 0 aliphatic rings. The Morgan fingerprint density at radius 1 is 1.24 bits per heavy atom. The molecule has 110 valence electrons. The minimum absolute atomic E-state index is 0.102. The quantitative estimate of drug-likeness (QED) is 0.502. The molecule has 0 radical (unpaired) electrons. The van der Waals surface area contributed by atoms with Crippen molar-refractivity contribution in [2.45, 2.75) is 0 Å². The van der Waals surface area contributed by atoms with Gasteiger partial charge >= 0.3 is 5.97 Å². The number of hydrogen-bond donors (Lipinski definition) is 2. The van der Waals surface area contributed by atoms with E-state index in [0.717, 1.165) is 0 Å². The summed E-state index contributed by atoms with van der Waals surface area (Å²) in [5.74, 6) is -1.17. The topological polar surface area (TPSA) is 64.3 Å². The fraction of sp³-hybridized carbons (Fsp3) is 0.0714. The molecule has 0 saturated carbocycles. The van der Waals surface area contributed by atoms with Crippen LogP contribution in [-0.4, -0.2) is 13.1 Å². The second-order valence-electron chi connectivity index (χ2n) is 4.17. The van der Waals surface area contributed by atoms with Crippen LogP contribution in [0.5, 0.6) is 0 Å². The first-order chi connectivity index (χ1) is 9.92. The molecule has 0 spiro atoms. The lowest BCUT2D eigenvalue weighted by Gasteiger charge is -2.11. The molecule has 21 heavy (non-hydrogen) atoms. The molecule has 0 aliphatic carbocycles. The smallest absolute Gasteiger partial charge is 0.337 e. The van der Waals surface area contributed by atoms with Crippen LogP contribution in [-0.2, 0) is 4.74 Å². The number of methoxy groups -OCH3 is 1. The summed E-state index contributed by atoms with van der Waals surface area (Å²) in [6.07, 6.45) is 0. The van der Waals surface area contributed by atoms with E-state index in [1.807, 2.05) is 0 Å². The Morgan fingerprint density at radius 2 is 1.86 bits per heavy atom. The molecule has 2 aromatic rings. The van der Waals surface area contributed by atoms with Crippen molar-refractivity contribution in [2.75, 3.05) is 18.2 Å². The van der Waals surface area contributed by atoms with Gasteiger partial charge in [-0.3, -0.25) is 0 Å². The number of benzene rings is 2. The number of carbonyl (C=O) groups is 1. The fourth-order valence-electron chi connectivity index (χ4n) is 1.70. The number of nitrogen functional groups attached to an aromatic ring is 1. The number of nitrogens with two attached hydrogens (primary N) is 1. The van der Waals surface area contributed by atoms with E-state index in [4.69, 9.17) is 28.9 Å². The molecule has 3 N–H and O–H groups in total. The third-order valence-corrected chi connectivity index (χ3v) is 3.29. The Kier molecular flexibility index (Phi) is 4.55. The normalized spacial score (nSPS) is 10.3. The van der Waals surface area contributed by atoms with E-state index < -0.39 is 11.8 Å². The highest BCUT2D eigenvalue weighted by Crippen LogP contribution is 2.31. The molecule has 0 aliphatic heterocycles. The summed E-state index contributed by atoms with van der Waals surface area (Å²) in [5, 5.41) is 2.75. The monoisotopic (exact) mass is 328 g/mol. The lowest BCUT2D eigenvalue weighted by molar-refractivity contribution is 0.0601. The number of ether oxygens (including phenoxy) is 1. The van der Waals surface area contributed by atoms with E-state index in [0.29, 0.717) is 22.6 Å². The Bertz CT molecular complexity index is 684. The maximum Gasteiger partial charge on any atom is 0.337 e. The molecule has 4 nitrogen and oxygen atoms in total. The van der Waals surface area contributed by atoms with Crippen molar-refractivity contribution in [2.24, 2.45) is 0 Å². The molecule has 0 atom stereocenters. The highest BCUT2D eigenvalue weighted by atomic mass is 35.5. The van der Waals surface area contributed by atoms with Gasteiger partial charge in [0.25, 0.3) is 0 Å². The molecule has 0 aromatic heterocycles. The van der Waals surface area contributed by atoms with Crippen molar-refractivity contribution < 1.29 is 13.9 Å². The first-order valence-electron chi connectivity index (χ1n) is 5.81. The van der Waals surface area contributed by atoms with Crippen molar-refractivity contribution >= 4 is 46.2 Å². The minimum Gasteiger partial charge on any atom is -0.465 e. The zero-order valence-corrected chi connectivity index (χ0v) is 12.4. The first-order valence-corrected chi connectivity index (χ1v) is 6.57. The summed E-state index contributed by atoms with van der Waals surface area (Å²) >= 11 is 11.4. The summed E-state index contributed by atoms with van der Waals surface area (Å²) in [6, 6.07) is 7.40. The summed E-state index contributed by atoms with van der Waals surface area (Å²) in [6.45, 7) is 0. The first kappa shape index (κ1) is 15.4. The minimum atomic E-state index is -0.683. The maximum atomic E-state index is 13.3. The molecule has 0 amide bonds. The fourth-order valence-corrected chi connectivity index (χ4v) is 2.19. The molecule has 7 heteroatoms. The maximum absolute atomic E-state index is 13.3. The van der Waals surface area contributed by atoms with Crippen molar-refractivity contribution in [1.29, 1.82) is 0 Å². The van der Waals surface area contributed by atoms with Crippen LogP contribution < -0.4 is 11.1 Å². The highest BCUT2D eigenvalue weighted by molar-refractivity contribution is 6.35. The molecular formula is C14H11Cl2FN2O2. The van der Waals surface area contributed by atoms with Gasteiger partial charge in [-0.05, 0) is 30.3 Å². The summed E-state index contributed by atoms with van der Waals surface area (Å²) in [7, 11) is 1.28. The Hall–Kier alpha value is -1.98. The van der Waals surface area contributed by atoms with Crippen LogP contribution in [0.4, 0.5) is 21.5 Å². The number of nitrogens with one attached hydrogen (secondary N) is 1. The largest absolute Gasteiger partial charge is 0.465 e. The number of halogens is 3. The number of anilines is 3. The molecule has 0 fully saturated rings. The van der Waals surface area contributed by atoms with Crippen LogP contribution in [0.25, 0.3) is 0 Å². The van der Waals surface area contributed by atoms with E-state index in [1.165, 1.54) is 25.3 Å². The van der Waals surface area contributed by atoms with Crippen molar-refractivity contribution in [3.63, 3.8) is 0 Å². The molecule has 0 saturated heterocycles. The predicted molar refractivity (Wildman–Crippen MR) is 81.9 cm³/mol. The van der Waals surface area contributed by atoms with Gasteiger partial charge < -0.3 is 15.8 Å². The third-order valence-electron chi connectivity index (χ3n) is 2.74. The van der Waals surface area contributed by atoms with Gasteiger partial charge in [-0.15, -0.1) is 0 Å². The standard InChI is InChI=1S/C14H11Cl2FN2O2/c1-21-14(20)7-2-3-12(11(18)4-7)19-8-5-9(15)13(17)10(16)6-8/h2-6,19H,18H2,1H3. The second kappa shape index (κ2) is 6.20. The Balaban J connectivity index is 2.30. The van der Waals surface area contributed by atoms with Crippen molar-refractivity contribution in [3.05, 3.63) is 51.8 Å². The van der Waals surface area contributed by atoms with Gasteiger partial charge in [0, 0.05) is 5.69 Å². The van der Waals surface area contributed by atoms with Crippen LogP contribution in [0, 0.1) is 5.82 Å². The van der Waals surface area contributed by atoms with E-state index in [1.54, 1.807) is 12.1 Å². The molecule has 0 bridgehead atoms. The Morgan fingerprint density at radius 3 is 2.38 bits per heavy atom. The van der Waals surface area contributed by atoms with Crippen molar-refractivity contribution in [3.8, 4) is 0 Å².